The largest absolute Gasteiger partial charge is 0.493 e. The van der Waals surface area contributed by atoms with Crippen molar-refractivity contribution in [2.45, 2.75) is 30.7 Å². The highest BCUT2D eigenvalue weighted by atomic mass is 16.5. The molecule has 1 saturated heterocycles. The molecule has 1 fully saturated rings. The maximum absolute atomic E-state index is 12.7. The summed E-state index contributed by atoms with van der Waals surface area (Å²) in [6.07, 6.45) is 6.55. The van der Waals surface area contributed by atoms with E-state index in [0.717, 1.165) is 18.4 Å². The van der Waals surface area contributed by atoms with Gasteiger partial charge in [0, 0.05) is 24.4 Å². The van der Waals surface area contributed by atoms with E-state index < -0.39 is 5.41 Å². The van der Waals surface area contributed by atoms with Crippen molar-refractivity contribution < 1.29 is 19.4 Å². The molecule has 0 spiro atoms. The number of likely N-dealkylation sites (tertiary alicyclic amines) is 1. The van der Waals surface area contributed by atoms with E-state index in [4.69, 9.17) is 9.47 Å². The number of rotatable bonds is 4. The number of methoxy groups -OCH3 is 2. The van der Waals surface area contributed by atoms with Crippen LogP contribution in [0, 0.1) is 5.92 Å². The topological polar surface area (TPSA) is 59.0 Å². The van der Waals surface area contributed by atoms with Crippen LogP contribution in [-0.2, 0) is 10.2 Å². The van der Waals surface area contributed by atoms with E-state index in [9.17, 15) is 9.90 Å². The van der Waals surface area contributed by atoms with Crippen molar-refractivity contribution in [2.75, 3.05) is 27.9 Å². The summed E-state index contributed by atoms with van der Waals surface area (Å²) in [5.41, 5.74) is 0.500. The zero-order chi connectivity index (χ0) is 17.3. The van der Waals surface area contributed by atoms with Crippen molar-refractivity contribution in [2.24, 2.45) is 5.92 Å². The third-order valence-corrected chi connectivity index (χ3v) is 5.61. The quantitative estimate of drug-likeness (QED) is 0.859. The number of carbonyl (C=O) groups is 1. The van der Waals surface area contributed by atoms with Gasteiger partial charge in [0.25, 0.3) is 0 Å². The Labute approximate surface area is 142 Å². The van der Waals surface area contributed by atoms with Gasteiger partial charge >= 0.3 is 0 Å². The molecule has 5 nitrogen and oxygen atoms in total. The van der Waals surface area contributed by atoms with Gasteiger partial charge < -0.3 is 19.5 Å². The maximum Gasteiger partial charge on any atom is 0.223 e. The van der Waals surface area contributed by atoms with Gasteiger partial charge in [-0.2, -0.15) is 0 Å². The predicted molar refractivity (Wildman–Crippen MR) is 91.3 cm³/mol. The zero-order valence-corrected chi connectivity index (χ0v) is 14.5. The molecule has 3 rings (SSSR count). The van der Waals surface area contributed by atoms with Gasteiger partial charge in [-0.05, 0) is 24.8 Å². The number of benzene rings is 1. The average Bonchev–Trinajstić information content (AvgIpc) is 2.62. The predicted octanol–water partition coefficient (Wildman–Crippen LogP) is 2.13. The van der Waals surface area contributed by atoms with Gasteiger partial charge in [0.15, 0.2) is 11.5 Å². The van der Waals surface area contributed by atoms with Crippen LogP contribution in [0.3, 0.4) is 0 Å². The van der Waals surface area contributed by atoms with Crippen LogP contribution in [0.1, 0.15) is 24.8 Å². The molecule has 1 aliphatic heterocycles. The number of aliphatic hydroxyl groups excluding tert-OH is 1. The Bertz CT molecular complexity index is 657. The zero-order valence-electron chi connectivity index (χ0n) is 14.5. The second-order valence-electron chi connectivity index (χ2n) is 6.60. The molecule has 3 atom stereocenters. The van der Waals surface area contributed by atoms with Gasteiger partial charge in [-0.15, -0.1) is 0 Å². The maximum atomic E-state index is 12.7. The molecule has 130 valence electrons. The third-order valence-electron chi connectivity index (χ3n) is 5.61. The molecular weight excluding hydrogens is 306 g/mol. The molecule has 1 unspecified atom stereocenters. The molecule has 0 radical (unpaired) electrons. The Hall–Kier alpha value is -2.01. The smallest absolute Gasteiger partial charge is 0.223 e. The van der Waals surface area contributed by atoms with Crippen LogP contribution in [-0.4, -0.2) is 49.8 Å². The average molecular weight is 331 g/mol. The van der Waals surface area contributed by atoms with Crippen molar-refractivity contribution in [1.29, 1.82) is 0 Å². The Morgan fingerprint density at radius 3 is 2.79 bits per heavy atom. The molecule has 0 saturated carbocycles. The Kier molecular flexibility index (Phi) is 4.54. The van der Waals surface area contributed by atoms with Crippen LogP contribution in [0.4, 0.5) is 0 Å². The van der Waals surface area contributed by atoms with Crippen LogP contribution < -0.4 is 9.47 Å². The van der Waals surface area contributed by atoms with Gasteiger partial charge in [-0.1, -0.05) is 24.3 Å². The summed E-state index contributed by atoms with van der Waals surface area (Å²) in [6, 6.07) is 5.62. The lowest BCUT2D eigenvalue weighted by molar-refractivity contribution is -0.142. The summed E-state index contributed by atoms with van der Waals surface area (Å²) < 4.78 is 11.1. The number of piperidine rings is 1. The van der Waals surface area contributed by atoms with Crippen molar-refractivity contribution in [3.05, 3.63) is 35.9 Å². The summed E-state index contributed by atoms with van der Waals surface area (Å²) in [7, 11) is 5.03. The van der Waals surface area contributed by atoms with Gasteiger partial charge in [0.2, 0.25) is 5.91 Å². The minimum absolute atomic E-state index is 0.0330. The van der Waals surface area contributed by atoms with Gasteiger partial charge in [0.05, 0.1) is 26.9 Å². The van der Waals surface area contributed by atoms with Crippen LogP contribution in [0.25, 0.3) is 0 Å². The minimum Gasteiger partial charge on any atom is -0.493 e. The lowest BCUT2D eigenvalue weighted by Crippen LogP contribution is -2.58. The number of hydrogen-bond donors (Lipinski definition) is 1. The second kappa shape index (κ2) is 6.48. The molecule has 2 aliphatic rings. The first-order valence-corrected chi connectivity index (χ1v) is 8.34. The number of para-hydroxylation sites is 1. The molecule has 1 heterocycles. The van der Waals surface area contributed by atoms with Crippen molar-refractivity contribution in [3.8, 4) is 11.5 Å². The fourth-order valence-electron chi connectivity index (χ4n) is 4.39. The van der Waals surface area contributed by atoms with Crippen molar-refractivity contribution in [3.63, 3.8) is 0 Å². The lowest BCUT2D eigenvalue weighted by Gasteiger charge is -2.51. The number of likely N-dealkylation sites (N-methyl/N-ethyl adjacent to an activating group) is 1. The van der Waals surface area contributed by atoms with Crippen molar-refractivity contribution in [1.82, 2.24) is 4.90 Å². The summed E-state index contributed by atoms with van der Waals surface area (Å²) >= 11 is 0. The molecule has 1 N–H and O–H groups in total. The molecule has 0 bridgehead atoms. The number of amides is 1. The third kappa shape index (κ3) is 2.38. The SMILES string of the molecule is COc1cccc([C@@]23C=CCC[C@H]2C(CO)N(C)C(=O)C3)c1OC. The number of hydrogen-bond acceptors (Lipinski definition) is 4. The number of allylic oxidation sites excluding steroid dienone is 2. The van der Waals surface area contributed by atoms with Crippen LogP contribution in [0.15, 0.2) is 30.4 Å². The number of aliphatic hydroxyl groups is 1. The highest BCUT2D eigenvalue weighted by Gasteiger charge is 2.52. The molecule has 1 aromatic carbocycles. The standard InChI is InChI=1S/C19H25NO4/c1-20-15(12-21)13-7-4-5-10-19(13,11-17(20)22)14-8-6-9-16(23-2)18(14)24-3/h5-6,8-10,13,15,21H,4,7,11-12H2,1-3H3/t13-,15?,19+/m0/s1. The normalized spacial score (nSPS) is 29.3. The monoisotopic (exact) mass is 331 g/mol. The Balaban J connectivity index is 2.20. The molecule has 1 amide bonds. The molecule has 24 heavy (non-hydrogen) atoms. The number of ether oxygens (including phenoxy) is 2. The second-order valence-corrected chi connectivity index (χ2v) is 6.60. The van der Waals surface area contributed by atoms with Gasteiger partial charge in [-0.3, -0.25) is 4.79 Å². The number of fused-ring (bicyclic) bond motifs is 1. The first-order chi connectivity index (χ1) is 11.6. The Morgan fingerprint density at radius 1 is 1.33 bits per heavy atom. The van der Waals surface area contributed by atoms with Crippen LogP contribution >= 0.6 is 0 Å². The summed E-state index contributed by atoms with van der Waals surface area (Å²) in [6.45, 7) is -0.0330. The van der Waals surface area contributed by atoms with E-state index in [1.54, 1.807) is 26.2 Å². The van der Waals surface area contributed by atoms with Gasteiger partial charge in [0.1, 0.15) is 0 Å². The fourth-order valence-corrected chi connectivity index (χ4v) is 4.39. The highest BCUT2D eigenvalue weighted by Crippen LogP contribution is 2.52. The van der Waals surface area contributed by atoms with E-state index in [2.05, 4.69) is 12.2 Å². The van der Waals surface area contributed by atoms with E-state index in [1.165, 1.54) is 0 Å². The molecule has 5 heteroatoms. The van der Waals surface area contributed by atoms with E-state index in [0.29, 0.717) is 17.9 Å². The summed E-state index contributed by atoms with van der Waals surface area (Å²) in [5, 5.41) is 9.93. The molecule has 0 aromatic heterocycles. The van der Waals surface area contributed by atoms with Gasteiger partial charge in [-0.25, -0.2) is 0 Å². The van der Waals surface area contributed by atoms with E-state index >= 15 is 0 Å². The molecule has 1 aromatic rings. The highest BCUT2D eigenvalue weighted by molar-refractivity contribution is 5.80. The Morgan fingerprint density at radius 2 is 2.12 bits per heavy atom. The molecule has 1 aliphatic carbocycles. The minimum atomic E-state index is -0.463. The van der Waals surface area contributed by atoms with E-state index in [-0.39, 0.29) is 24.5 Å². The van der Waals surface area contributed by atoms with Crippen molar-refractivity contribution >= 4 is 5.91 Å². The lowest BCUT2D eigenvalue weighted by atomic mass is 9.59. The van der Waals surface area contributed by atoms with E-state index in [1.807, 2.05) is 18.2 Å². The number of nitrogens with zero attached hydrogens (tertiary/aromatic N) is 1. The van der Waals surface area contributed by atoms with Crippen LogP contribution in [0.5, 0.6) is 11.5 Å². The summed E-state index contributed by atoms with van der Waals surface area (Å²) in [4.78, 5) is 14.4. The molecular formula is C19H25NO4. The van der Waals surface area contributed by atoms with Crippen LogP contribution in [0.2, 0.25) is 0 Å². The first-order valence-electron chi connectivity index (χ1n) is 8.34. The number of carbonyl (C=O) groups excluding carboxylic acids is 1. The fraction of sp³-hybridized carbons (Fsp3) is 0.526. The first kappa shape index (κ1) is 16.8. The summed E-state index contributed by atoms with van der Waals surface area (Å²) in [5.74, 6) is 1.53.